The van der Waals surface area contributed by atoms with Crippen molar-refractivity contribution in [2.24, 2.45) is 0 Å². The Kier molecular flexibility index (Phi) is 5.26. The lowest BCUT2D eigenvalue weighted by molar-refractivity contribution is 0.0723. The first-order chi connectivity index (χ1) is 17.0. The summed E-state index contributed by atoms with van der Waals surface area (Å²) >= 11 is 6.23. The molecular formula is C28H25ClN4O2. The number of H-pyrrole nitrogens is 1. The van der Waals surface area contributed by atoms with Gasteiger partial charge in [0.1, 0.15) is 23.9 Å². The summed E-state index contributed by atoms with van der Waals surface area (Å²) in [5, 5.41) is 1.68. The topological polar surface area (TPSA) is 63.1 Å². The summed E-state index contributed by atoms with van der Waals surface area (Å²) in [6, 6.07) is 20.1. The van der Waals surface area contributed by atoms with Crippen molar-refractivity contribution in [3.05, 3.63) is 82.8 Å². The average Bonchev–Trinajstić information content (AvgIpc) is 3.33. The molecule has 3 heterocycles. The van der Waals surface area contributed by atoms with Crippen molar-refractivity contribution in [1.82, 2.24) is 19.4 Å². The third-order valence-electron chi connectivity index (χ3n) is 6.66. The van der Waals surface area contributed by atoms with Crippen LogP contribution in [0.1, 0.15) is 28.8 Å². The molecule has 0 saturated carbocycles. The first kappa shape index (κ1) is 21.7. The fourth-order valence-electron chi connectivity index (χ4n) is 4.97. The lowest BCUT2D eigenvalue weighted by atomic mass is 10.0. The van der Waals surface area contributed by atoms with Crippen molar-refractivity contribution < 1.29 is 9.53 Å². The van der Waals surface area contributed by atoms with Gasteiger partial charge in [-0.2, -0.15) is 0 Å². The van der Waals surface area contributed by atoms with Gasteiger partial charge in [-0.15, -0.1) is 0 Å². The van der Waals surface area contributed by atoms with E-state index in [1.165, 1.54) is 0 Å². The highest BCUT2D eigenvalue weighted by atomic mass is 35.5. The molecule has 0 atom stereocenters. The maximum absolute atomic E-state index is 13.7. The Morgan fingerprint density at radius 3 is 2.77 bits per heavy atom. The second-order valence-electron chi connectivity index (χ2n) is 8.93. The second kappa shape index (κ2) is 8.47. The minimum atomic E-state index is -0.00428. The van der Waals surface area contributed by atoms with E-state index in [-0.39, 0.29) is 5.91 Å². The summed E-state index contributed by atoms with van der Waals surface area (Å²) in [6.45, 7) is 6.15. The van der Waals surface area contributed by atoms with Gasteiger partial charge in [-0.3, -0.25) is 4.79 Å². The highest BCUT2D eigenvalue weighted by Crippen LogP contribution is 2.32. The second-order valence-corrected chi connectivity index (χ2v) is 9.37. The van der Waals surface area contributed by atoms with Gasteiger partial charge in [-0.25, -0.2) is 4.98 Å². The molecule has 6 rings (SSSR count). The molecule has 3 aromatic carbocycles. The molecule has 7 heteroatoms. The monoisotopic (exact) mass is 484 g/mol. The van der Waals surface area contributed by atoms with Crippen molar-refractivity contribution in [2.45, 2.75) is 26.9 Å². The van der Waals surface area contributed by atoms with E-state index in [2.05, 4.69) is 34.2 Å². The Morgan fingerprint density at radius 2 is 1.91 bits per heavy atom. The zero-order chi connectivity index (χ0) is 24.1. The van der Waals surface area contributed by atoms with Crippen LogP contribution in [-0.4, -0.2) is 38.5 Å². The van der Waals surface area contributed by atoms with Crippen LogP contribution in [0.25, 0.3) is 33.1 Å². The molecule has 1 aliphatic rings. The zero-order valence-corrected chi connectivity index (χ0v) is 20.4. The number of carbonyl (C=O) groups excluding carboxylic acids is 1. The highest BCUT2D eigenvalue weighted by molar-refractivity contribution is 6.31. The van der Waals surface area contributed by atoms with Gasteiger partial charge in [0.15, 0.2) is 0 Å². The van der Waals surface area contributed by atoms with E-state index in [9.17, 15) is 4.79 Å². The Balaban J connectivity index is 1.34. The van der Waals surface area contributed by atoms with Crippen LogP contribution in [0.5, 0.6) is 5.75 Å². The number of ether oxygens (including phenoxy) is 1. The van der Waals surface area contributed by atoms with Gasteiger partial charge in [-0.1, -0.05) is 29.8 Å². The van der Waals surface area contributed by atoms with Gasteiger partial charge < -0.3 is 19.2 Å². The van der Waals surface area contributed by atoms with E-state index in [0.29, 0.717) is 37.0 Å². The summed E-state index contributed by atoms with van der Waals surface area (Å²) in [4.78, 5) is 23.4. The van der Waals surface area contributed by atoms with E-state index in [1.807, 2.05) is 59.7 Å². The molecule has 0 bridgehead atoms. The number of aryl methyl sites for hydroxylation is 2. The molecule has 0 unspecified atom stereocenters. The van der Waals surface area contributed by atoms with Crippen LogP contribution >= 0.6 is 11.6 Å². The van der Waals surface area contributed by atoms with Crippen LogP contribution in [0.15, 0.2) is 60.7 Å². The number of amides is 1. The van der Waals surface area contributed by atoms with Crippen LogP contribution < -0.4 is 4.74 Å². The molecule has 176 valence electrons. The van der Waals surface area contributed by atoms with Crippen LogP contribution in [-0.2, 0) is 13.1 Å². The van der Waals surface area contributed by atoms with E-state index in [0.717, 1.165) is 50.2 Å². The van der Waals surface area contributed by atoms with E-state index < -0.39 is 0 Å². The summed E-state index contributed by atoms with van der Waals surface area (Å²) < 4.78 is 8.06. The first-order valence-corrected chi connectivity index (χ1v) is 12.2. The minimum absolute atomic E-state index is 0.00428. The van der Waals surface area contributed by atoms with Crippen LogP contribution in [0.2, 0.25) is 5.02 Å². The zero-order valence-electron chi connectivity index (χ0n) is 19.6. The number of rotatable bonds is 3. The summed E-state index contributed by atoms with van der Waals surface area (Å²) in [5.74, 6) is 1.72. The number of nitrogens with one attached hydrogen (secondary N) is 1. The quantitative estimate of drug-likeness (QED) is 0.331. The maximum atomic E-state index is 13.7. The number of hydrogen-bond donors (Lipinski definition) is 1. The number of halogens is 1. The molecule has 35 heavy (non-hydrogen) atoms. The van der Waals surface area contributed by atoms with Crippen molar-refractivity contribution in [2.75, 3.05) is 13.2 Å². The van der Waals surface area contributed by atoms with Crippen molar-refractivity contribution in [1.29, 1.82) is 0 Å². The third-order valence-corrected chi connectivity index (χ3v) is 6.90. The molecule has 0 fully saturated rings. The predicted molar refractivity (Wildman–Crippen MR) is 139 cm³/mol. The number of hydrogen-bond acceptors (Lipinski definition) is 3. The smallest absolute Gasteiger partial charge is 0.270 e. The van der Waals surface area contributed by atoms with E-state index in [1.54, 1.807) is 0 Å². The molecule has 0 saturated heterocycles. The van der Waals surface area contributed by atoms with Crippen LogP contribution in [0.4, 0.5) is 0 Å². The molecule has 1 aliphatic heterocycles. The van der Waals surface area contributed by atoms with Crippen molar-refractivity contribution in [3.8, 4) is 16.9 Å². The fraction of sp³-hybridized carbons (Fsp3) is 0.214. The molecule has 6 nitrogen and oxygen atoms in total. The summed E-state index contributed by atoms with van der Waals surface area (Å²) in [7, 11) is 0. The predicted octanol–water partition coefficient (Wildman–Crippen LogP) is 6.20. The molecule has 0 spiro atoms. The number of benzene rings is 3. The van der Waals surface area contributed by atoms with Crippen molar-refractivity contribution >= 4 is 39.4 Å². The molecule has 1 N–H and O–H groups in total. The lowest BCUT2D eigenvalue weighted by Crippen LogP contribution is -2.33. The van der Waals surface area contributed by atoms with Gasteiger partial charge >= 0.3 is 0 Å². The van der Waals surface area contributed by atoms with Gasteiger partial charge in [0.05, 0.1) is 23.1 Å². The molecule has 1 amide bonds. The molecule has 0 aliphatic carbocycles. The van der Waals surface area contributed by atoms with Gasteiger partial charge in [0, 0.05) is 29.1 Å². The van der Waals surface area contributed by atoms with E-state index in [4.69, 9.17) is 16.3 Å². The Bertz CT molecular complexity index is 1600. The van der Waals surface area contributed by atoms with Crippen molar-refractivity contribution in [3.63, 3.8) is 0 Å². The largest absolute Gasteiger partial charge is 0.491 e. The number of nitrogens with zero attached hydrogens (tertiary/aromatic N) is 3. The molecule has 5 aromatic rings. The third kappa shape index (κ3) is 3.84. The normalized spacial score (nSPS) is 13.6. The number of imidazole rings is 1. The van der Waals surface area contributed by atoms with E-state index >= 15 is 0 Å². The number of carbonyl (C=O) groups is 1. The van der Waals surface area contributed by atoms with Crippen LogP contribution in [0, 0.1) is 6.92 Å². The first-order valence-electron chi connectivity index (χ1n) is 11.8. The minimum Gasteiger partial charge on any atom is -0.491 e. The Hall–Kier alpha value is -3.77. The lowest BCUT2D eigenvalue weighted by Gasteiger charge is -2.21. The number of fused-ring (bicyclic) bond motifs is 3. The summed E-state index contributed by atoms with van der Waals surface area (Å²) in [5.41, 5.74) is 6.77. The van der Waals surface area contributed by atoms with Crippen LogP contribution in [0.3, 0.4) is 0 Å². The number of aromatic nitrogens is 3. The molecule has 2 aromatic heterocycles. The SMILES string of the molecule is CCn1c(C(=O)N2CCOc3ccc(-c4ccc5nc(C)[nH]c5c4)cc3C2)cc2ccc(Cl)cc21. The fourth-order valence-corrected chi connectivity index (χ4v) is 5.14. The Morgan fingerprint density at radius 1 is 1.09 bits per heavy atom. The average molecular weight is 485 g/mol. The highest BCUT2D eigenvalue weighted by Gasteiger charge is 2.25. The Labute approximate surface area is 208 Å². The van der Waals surface area contributed by atoms with Gasteiger partial charge in [-0.05, 0) is 67.4 Å². The molecular weight excluding hydrogens is 460 g/mol. The molecule has 0 radical (unpaired) electrons. The number of aromatic amines is 1. The van der Waals surface area contributed by atoms with Gasteiger partial charge in [0.2, 0.25) is 0 Å². The summed E-state index contributed by atoms with van der Waals surface area (Å²) in [6.07, 6.45) is 0. The standard InChI is InChI=1S/C28H25ClN4O2/c1-3-33-25-15-22(29)7-4-20(25)14-26(33)28(34)32-10-11-35-27-9-6-18(12-21(27)16-32)19-5-8-23-24(13-19)31-17(2)30-23/h4-9,12-15H,3,10-11,16H2,1-2H3,(H,30,31). The maximum Gasteiger partial charge on any atom is 0.270 e. The van der Waals surface area contributed by atoms with Gasteiger partial charge in [0.25, 0.3) is 5.91 Å².